The van der Waals surface area contributed by atoms with E-state index in [1.165, 1.54) is 11.3 Å². The van der Waals surface area contributed by atoms with Crippen LogP contribution in [0.5, 0.6) is 5.75 Å². The minimum atomic E-state index is -0.134. The zero-order valence-electron chi connectivity index (χ0n) is 12.8. The summed E-state index contributed by atoms with van der Waals surface area (Å²) >= 11 is 3.03. The molecule has 0 fully saturated rings. The van der Waals surface area contributed by atoms with E-state index in [1.54, 1.807) is 11.3 Å². The smallest absolute Gasteiger partial charge is 0.267 e. The molecule has 23 heavy (non-hydrogen) atoms. The lowest BCUT2D eigenvalue weighted by molar-refractivity contribution is 0.103. The van der Waals surface area contributed by atoms with Crippen LogP contribution in [-0.4, -0.2) is 17.5 Å². The minimum Gasteiger partial charge on any atom is -0.494 e. The molecule has 1 N–H and O–H groups in total. The van der Waals surface area contributed by atoms with Gasteiger partial charge in [-0.3, -0.25) is 4.79 Å². The third kappa shape index (κ3) is 3.60. The number of nitrogens with zero attached hydrogens (tertiary/aromatic N) is 1. The number of carbonyl (C=O) groups is 1. The molecule has 4 nitrogen and oxygen atoms in total. The number of aryl methyl sites for hydroxylation is 1. The highest BCUT2D eigenvalue weighted by atomic mass is 32.1. The van der Waals surface area contributed by atoms with E-state index in [2.05, 4.69) is 10.3 Å². The number of nitrogens with one attached hydrogen (secondary N) is 1. The number of anilines is 1. The molecule has 0 aliphatic heterocycles. The summed E-state index contributed by atoms with van der Waals surface area (Å²) < 4.78 is 5.39. The molecule has 0 aliphatic rings. The molecule has 6 heteroatoms. The highest BCUT2D eigenvalue weighted by Gasteiger charge is 2.16. The average molecular weight is 344 g/mol. The van der Waals surface area contributed by atoms with Crippen molar-refractivity contribution in [2.24, 2.45) is 0 Å². The standard InChI is InChI=1S/C17H16N2O2S2/c1-3-21-14-6-4-13(5-7-14)19-16(20)15-11(2)18-17(23-15)12-8-9-22-10-12/h4-10H,3H2,1-2H3,(H,19,20). The number of ether oxygens (including phenoxy) is 1. The maximum atomic E-state index is 12.5. The van der Waals surface area contributed by atoms with Crippen molar-refractivity contribution >= 4 is 34.3 Å². The van der Waals surface area contributed by atoms with Gasteiger partial charge in [0.15, 0.2) is 0 Å². The summed E-state index contributed by atoms with van der Waals surface area (Å²) in [6.07, 6.45) is 0. The van der Waals surface area contributed by atoms with E-state index in [0.29, 0.717) is 11.5 Å². The largest absolute Gasteiger partial charge is 0.494 e. The number of rotatable bonds is 5. The van der Waals surface area contributed by atoms with Gasteiger partial charge in [0.05, 0.1) is 12.3 Å². The lowest BCUT2D eigenvalue weighted by Gasteiger charge is -2.06. The molecule has 1 amide bonds. The molecule has 0 bridgehead atoms. The first-order valence-electron chi connectivity index (χ1n) is 7.21. The summed E-state index contributed by atoms with van der Waals surface area (Å²) in [6, 6.07) is 9.36. The van der Waals surface area contributed by atoms with Crippen molar-refractivity contribution in [2.75, 3.05) is 11.9 Å². The number of carbonyl (C=O) groups excluding carboxylic acids is 1. The van der Waals surface area contributed by atoms with Crippen molar-refractivity contribution in [1.82, 2.24) is 4.98 Å². The predicted molar refractivity (Wildman–Crippen MR) is 95.7 cm³/mol. The maximum Gasteiger partial charge on any atom is 0.267 e. The zero-order valence-corrected chi connectivity index (χ0v) is 14.5. The van der Waals surface area contributed by atoms with Crippen molar-refractivity contribution < 1.29 is 9.53 Å². The summed E-state index contributed by atoms with van der Waals surface area (Å²) in [7, 11) is 0. The van der Waals surface area contributed by atoms with Gasteiger partial charge in [-0.15, -0.1) is 11.3 Å². The first-order valence-corrected chi connectivity index (χ1v) is 8.97. The lowest BCUT2D eigenvalue weighted by Crippen LogP contribution is -2.11. The van der Waals surface area contributed by atoms with Crippen LogP contribution < -0.4 is 10.1 Å². The number of aromatic nitrogens is 1. The molecule has 0 aliphatic carbocycles. The van der Waals surface area contributed by atoms with Crippen LogP contribution in [0.2, 0.25) is 0 Å². The van der Waals surface area contributed by atoms with Crippen LogP contribution in [0.1, 0.15) is 22.3 Å². The summed E-state index contributed by atoms with van der Waals surface area (Å²) in [5.74, 6) is 0.657. The summed E-state index contributed by atoms with van der Waals surface area (Å²) in [6.45, 7) is 4.42. The van der Waals surface area contributed by atoms with Crippen LogP contribution in [0.15, 0.2) is 41.1 Å². The molecule has 1 aromatic carbocycles. The Labute approximate surface area is 142 Å². The molecule has 0 radical (unpaired) electrons. The Morgan fingerprint density at radius 3 is 2.70 bits per heavy atom. The van der Waals surface area contributed by atoms with Crippen molar-refractivity contribution in [3.8, 4) is 16.3 Å². The van der Waals surface area contributed by atoms with E-state index >= 15 is 0 Å². The number of thiophene rings is 1. The summed E-state index contributed by atoms with van der Waals surface area (Å²) in [4.78, 5) is 17.6. The molecule has 2 aromatic heterocycles. The summed E-state index contributed by atoms with van der Waals surface area (Å²) in [5.41, 5.74) is 2.55. The van der Waals surface area contributed by atoms with E-state index in [1.807, 2.05) is 54.9 Å². The molecule has 0 atom stereocenters. The Morgan fingerprint density at radius 1 is 1.26 bits per heavy atom. The highest BCUT2D eigenvalue weighted by Crippen LogP contribution is 2.30. The molecule has 118 valence electrons. The van der Waals surface area contributed by atoms with E-state index in [0.717, 1.165) is 27.7 Å². The zero-order chi connectivity index (χ0) is 16.2. The molecule has 0 saturated carbocycles. The van der Waals surface area contributed by atoms with E-state index in [9.17, 15) is 4.79 Å². The second-order valence-electron chi connectivity index (χ2n) is 4.86. The predicted octanol–water partition coefficient (Wildman–Crippen LogP) is 4.83. The number of benzene rings is 1. The van der Waals surface area contributed by atoms with Gasteiger partial charge in [0.2, 0.25) is 0 Å². The normalized spacial score (nSPS) is 10.5. The molecular weight excluding hydrogens is 328 g/mol. The Hall–Kier alpha value is -2.18. The third-order valence-corrected chi connectivity index (χ3v) is 5.08. The molecule has 3 rings (SSSR count). The minimum absolute atomic E-state index is 0.134. The van der Waals surface area contributed by atoms with Gasteiger partial charge in [-0.2, -0.15) is 11.3 Å². The van der Waals surface area contributed by atoms with Crippen molar-refractivity contribution in [1.29, 1.82) is 0 Å². The molecule has 0 spiro atoms. The highest BCUT2D eigenvalue weighted by molar-refractivity contribution is 7.17. The van der Waals surface area contributed by atoms with Crippen LogP contribution in [0.3, 0.4) is 0 Å². The topological polar surface area (TPSA) is 51.2 Å². The van der Waals surface area contributed by atoms with Crippen molar-refractivity contribution in [3.63, 3.8) is 0 Å². The third-order valence-electron chi connectivity index (χ3n) is 3.19. The molecule has 2 heterocycles. The van der Waals surface area contributed by atoms with E-state index in [-0.39, 0.29) is 5.91 Å². The van der Waals surface area contributed by atoms with Gasteiger partial charge in [0.25, 0.3) is 5.91 Å². The van der Waals surface area contributed by atoms with Crippen LogP contribution in [-0.2, 0) is 0 Å². The molecule has 0 unspecified atom stereocenters. The number of hydrogen-bond acceptors (Lipinski definition) is 5. The fourth-order valence-corrected chi connectivity index (χ4v) is 3.78. The fraction of sp³-hybridized carbons (Fsp3) is 0.176. The average Bonchev–Trinajstić information content (AvgIpc) is 3.18. The Kier molecular flexibility index (Phi) is 4.73. The Bertz CT molecular complexity index is 793. The van der Waals surface area contributed by atoms with Crippen LogP contribution in [0.25, 0.3) is 10.6 Å². The lowest BCUT2D eigenvalue weighted by atomic mass is 10.3. The molecule has 0 saturated heterocycles. The quantitative estimate of drug-likeness (QED) is 0.721. The van der Waals surface area contributed by atoms with E-state index < -0.39 is 0 Å². The maximum absolute atomic E-state index is 12.5. The number of thiazole rings is 1. The Balaban J connectivity index is 1.75. The van der Waals surface area contributed by atoms with Gasteiger partial charge in [-0.25, -0.2) is 4.98 Å². The SMILES string of the molecule is CCOc1ccc(NC(=O)c2sc(-c3ccsc3)nc2C)cc1. The van der Waals surface area contributed by atoms with Crippen LogP contribution in [0.4, 0.5) is 5.69 Å². The molecular formula is C17H16N2O2S2. The second-order valence-corrected chi connectivity index (χ2v) is 6.64. The van der Waals surface area contributed by atoms with Gasteiger partial charge < -0.3 is 10.1 Å². The monoisotopic (exact) mass is 344 g/mol. The van der Waals surface area contributed by atoms with Gasteiger partial charge >= 0.3 is 0 Å². The van der Waals surface area contributed by atoms with Gasteiger partial charge in [0.1, 0.15) is 15.6 Å². The fourth-order valence-electron chi connectivity index (χ4n) is 2.11. The Morgan fingerprint density at radius 2 is 2.04 bits per heavy atom. The first kappa shape index (κ1) is 15.7. The van der Waals surface area contributed by atoms with E-state index in [4.69, 9.17) is 4.74 Å². The van der Waals surface area contributed by atoms with Gasteiger partial charge in [-0.05, 0) is 49.6 Å². The van der Waals surface area contributed by atoms with Crippen LogP contribution in [0, 0.1) is 6.92 Å². The second kappa shape index (κ2) is 6.93. The number of amides is 1. The first-order chi connectivity index (χ1) is 11.2. The van der Waals surface area contributed by atoms with Crippen molar-refractivity contribution in [2.45, 2.75) is 13.8 Å². The van der Waals surface area contributed by atoms with Gasteiger partial charge in [-0.1, -0.05) is 0 Å². The van der Waals surface area contributed by atoms with Crippen LogP contribution >= 0.6 is 22.7 Å². The van der Waals surface area contributed by atoms with Gasteiger partial charge in [0, 0.05) is 16.6 Å². The van der Waals surface area contributed by atoms with Crippen molar-refractivity contribution in [3.05, 3.63) is 51.7 Å². The number of hydrogen-bond donors (Lipinski definition) is 1. The molecule has 3 aromatic rings. The summed E-state index contributed by atoms with van der Waals surface area (Å²) in [5, 5.41) is 7.82.